The molecule has 1 amide bonds. The molecule has 0 heterocycles. The maximum absolute atomic E-state index is 12.4. The zero-order chi connectivity index (χ0) is 16.0. The molecule has 1 rings (SSSR count). The average Bonchev–Trinajstić information content (AvgIpc) is 2.43. The fourth-order valence-corrected chi connectivity index (χ4v) is 1.65. The van der Waals surface area contributed by atoms with Gasteiger partial charge in [0.2, 0.25) is 5.91 Å². The Labute approximate surface area is 122 Å². The Bertz CT molecular complexity index is 457. The number of benzene rings is 1. The molecule has 1 aromatic rings. The second kappa shape index (κ2) is 7.45. The van der Waals surface area contributed by atoms with Crippen LogP contribution in [0.1, 0.15) is 38.3 Å². The van der Waals surface area contributed by atoms with Gasteiger partial charge >= 0.3 is 6.18 Å². The number of halogens is 3. The van der Waals surface area contributed by atoms with Crippen molar-refractivity contribution in [3.05, 3.63) is 35.4 Å². The summed E-state index contributed by atoms with van der Waals surface area (Å²) in [6.07, 6.45) is -3.48. The second-order valence-corrected chi connectivity index (χ2v) is 5.12. The van der Waals surface area contributed by atoms with E-state index in [2.05, 4.69) is 10.6 Å². The zero-order valence-electron chi connectivity index (χ0n) is 12.4. The summed E-state index contributed by atoms with van der Waals surface area (Å²) >= 11 is 0. The van der Waals surface area contributed by atoms with Gasteiger partial charge in [-0.25, -0.2) is 0 Å². The molecule has 6 heteroatoms. The zero-order valence-corrected chi connectivity index (χ0v) is 12.4. The van der Waals surface area contributed by atoms with E-state index in [0.717, 1.165) is 18.6 Å². The Balaban J connectivity index is 2.50. The molecule has 0 spiro atoms. The van der Waals surface area contributed by atoms with E-state index in [1.807, 2.05) is 13.8 Å². The van der Waals surface area contributed by atoms with Crippen LogP contribution in [-0.4, -0.2) is 18.0 Å². The van der Waals surface area contributed by atoms with Crippen molar-refractivity contribution in [2.75, 3.05) is 0 Å². The molecule has 0 fully saturated rings. The highest BCUT2D eigenvalue weighted by Gasteiger charge is 2.29. The largest absolute Gasteiger partial charge is 0.416 e. The van der Waals surface area contributed by atoms with Gasteiger partial charge in [-0.15, -0.1) is 0 Å². The van der Waals surface area contributed by atoms with Gasteiger partial charge in [0.25, 0.3) is 0 Å². The van der Waals surface area contributed by atoms with E-state index in [9.17, 15) is 18.0 Å². The maximum atomic E-state index is 12.4. The summed E-state index contributed by atoms with van der Waals surface area (Å²) < 4.78 is 37.3. The highest BCUT2D eigenvalue weighted by Crippen LogP contribution is 2.29. The smallest absolute Gasteiger partial charge is 0.352 e. The third-order valence-electron chi connectivity index (χ3n) is 3.29. The lowest BCUT2D eigenvalue weighted by Gasteiger charge is -2.17. The fourth-order valence-electron chi connectivity index (χ4n) is 1.65. The van der Waals surface area contributed by atoms with E-state index >= 15 is 0 Å². The third kappa shape index (κ3) is 5.75. The van der Waals surface area contributed by atoms with Gasteiger partial charge in [0.05, 0.1) is 11.6 Å². The topological polar surface area (TPSA) is 41.1 Å². The first-order valence-electron chi connectivity index (χ1n) is 6.94. The van der Waals surface area contributed by atoms with Gasteiger partial charge in [0.1, 0.15) is 0 Å². The van der Waals surface area contributed by atoms with Crippen LogP contribution in [0, 0.1) is 0 Å². The molecule has 118 valence electrons. The molecule has 2 atom stereocenters. The molecule has 0 aliphatic carbocycles. The van der Waals surface area contributed by atoms with Crippen molar-refractivity contribution >= 4 is 5.91 Å². The molecule has 0 saturated heterocycles. The van der Waals surface area contributed by atoms with Crippen LogP contribution in [0.15, 0.2) is 24.3 Å². The van der Waals surface area contributed by atoms with Gasteiger partial charge < -0.3 is 10.6 Å². The van der Waals surface area contributed by atoms with Crippen molar-refractivity contribution in [1.29, 1.82) is 0 Å². The molecule has 21 heavy (non-hydrogen) atoms. The molecule has 0 bridgehead atoms. The van der Waals surface area contributed by atoms with E-state index in [1.54, 1.807) is 6.92 Å². The minimum Gasteiger partial charge on any atom is -0.352 e. The van der Waals surface area contributed by atoms with Crippen molar-refractivity contribution in [2.24, 2.45) is 0 Å². The number of carbonyl (C=O) groups is 1. The van der Waals surface area contributed by atoms with Crippen molar-refractivity contribution in [3.8, 4) is 0 Å². The first-order valence-corrected chi connectivity index (χ1v) is 6.94. The molecular weight excluding hydrogens is 281 g/mol. The number of rotatable bonds is 6. The van der Waals surface area contributed by atoms with Gasteiger partial charge in [0, 0.05) is 12.6 Å². The van der Waals surface area contributed by atoms with Crippen LogP contribution in [-0.2, 0) is 17.5 Å². The summed E-state index contributed by atoms with van der Waals surface area (Å²) in [6.45, 7) is 5.96. The molecular formula is C15H21F3N2O. The first-order chi connectivity index (χ1) is 9.74. The summed E-state index contributed by atoms with van der Waals surface area (Å²) in [5.41, 5.74) is 0.0278. The molecule has 3 nitrogen and oxygen atoms in total. The number of hydrogen-bond acceptors (Lipinski definition) is 2. The van der Waals surface area contributed by atoms with Gasteiger partial charge in [-0.1, -0.05) is 19.1 Å². The molecule has 0 saturated carbocycles. The maximum Gasteiger partial charge on any atom is 0.416 e. The molecule has 0 aliphatic rings. The third-order valence-corrected chi connectivity index (χ3v) is 3.29. The molecule has 0 aliphatic heterocycles. The molecule has 0 aromatic heterocycles. The molecule has 2 N–H and O–H groups in total. The Hall–Kier alpha value is -1.56. The van der Waals surface area contributed by atoms with E-state index in [4.69, 9.17) is 0 Å². The minimum absolute atomic E-state index is 0.104. The van der Waals surface area contributed by atoms with Crippen LogP contribution in [0.4, 0.5) is 13.2 Å². The standard InChI is InChI=1S/C15H21F3N2O/c1-4-10(2)20-14(21)11(3)19-9-12-5-7-13(8-6-12)15(16,17)18/h5-8,10-11,19H,4,9H2,1-3H3,(H,20,21). The summed E-state index contributed by atoms with van der Waals surface area (Å²) in [4.78, 5) is 11.8. The molecule has 1 aromatic carbocycles. The van der Waals surface area contributed by atoms with E-state index in [0.29, 0.717) is 12.1 Å². The van der Waals surface area contributed by atoms with E-state index in [-0.39, 0.29) is 11.9 Å². The summed E-state index contributed by atoms with van der Waals surface area (Å²) in [7, 11) is 0. The van der Waals surface area contributed by atoms with Crippen molar-refractivity contribution in [3.63, 3.8) is 0 Å². The SMILES string of the molecule is CCC(C)NC(=O)C(C)NCc1ccc(C(F)(F)F)cc1. The van der Waals surface area contributed by atoms with Crippen LogP contribution in [0.3, 0.4) is 0 Å². The summed E-state index contributed by atoms with van der Waals surface area (Å²) in [6, 6.07) is 4.61. The van der Waals surface area contributed by atoms with Crippen LogP contribution >= 0.6 is 0 Å². The van der Waals surface area contributed by atoms with Crippen molar-refractivity contribution < 1.29 is 18.0 Å². The lowest BCUT2D eigenvalue weighted by atomic mass is 10.1. The fraction of sp³-hybridized carbons (Fsp3) is 0.533. The van der Waals surface area contributed by atoms with Gasteiger partial charge in [0.15, 0.2) is 0 Å². The van der Waals surface area contributed by atoms with E-state index in [1.165, 1.54) is 12.1 Å². The van der Waals surface area contributed by atoms with Gasteiger partial charge in [-0.3, -0.25) is 4.79 Å². The Morgan fingerprint density at radius 1 is 1.19 bits per heavy atom. The number of carbonyl (C=O) groups excluding carboxylic acids is 1. The number of hydrogen-bond donors (Lipinski definition) is 2. The quantitative estimate of drug-likeness (QED) is 0.848. The predicted molar refractivity (Wildman–Crippen MR) is 75.6 cm³/mol. The van der Waals surface area contributed by atoms with Crippen molar-refractivity contribution in [1.82, 2.24) is 10.6 Å². The Kier molecular flexibility index (Phi) is 6.20. The van der Waals surface area contributed by atoms with Crippen LogP contribution in [0.5, 0.6) is 0 Å². The summed E-state index contributed by atoms with van der Waals surface area (Å²) in [5, 5.41) is 5.84. The number of nitrogens with one attached hydrogen (secondary N) is 2. The van der Waals surface area contributed by atoms with Gasteiger partial charge in [-0.2, -0.15) is 13.2 Å². The number of alkyl halides is 3. The van der Waals surface area contributed by atoms with Crippen LogP contribution in [0.25, 0.3) is 0 Å². The Morgan fingerprint density at radius 2 is 1.76 bits per heavy atom. The first kappa shape index (κ1) is 17.5. The van der Waals surface area contributed by atoms with Crippen LogP contribution in [0.2, 0.25) is 0 Å². The molecule has 0 radical (unpaired) electrons. The van der Waals surface area contributed by atoms with E-state index < -0.39 is 17.8 Å². The second-order valence-electron chi connectivity index (χ2n) is 5.12. The lowest BCUT2D eigenvalue weighted by Crippen LogP contribution is -2.45. The monoisotopic (exact) mass is 302 g/mol. The minimum atomic E-state index is -4.32. The van der Waals surface area contributed by atoms with Crippen molar-refractivity contribution in [2.45, 2.75) is 52.0 Å². The predicted octanol–water partition coefficient (Wildman–Crippen LogP) is 3.10. The highest BCUT2D eigenvalue weighted by atomic mass is 19.4. The van der Waals surface area contributed by atoms with Gasteiger partial charge in [-0.05, 0) is 38.0 Å². The average molecular weight is 302 g/mol. The van der Waals surface area contributed by atoms with Crippen LogP contribution < -0.4 is 10.6 Å². The Morgan fingerprint density at radius 3 is 2.24 bits per heavy atom. The lowest BCUT2D eigenvalue weighted by molar-refractivity contribution is -0.137. The molecule has 2 unspecified atom stereocenters. The highest BCUT2D eigenvalue weighted by molar-refractivity contribution is 5.81. The summed E-state index contributed by atoms with van der Waals surface area (Å²) in [5.74, 6) is -0.115. The number of amides is 1. The normalized spacial score (nSPS) is 14.6.